The topological polar surface area (TPSA) is 67.8 Å². The second-order valence-corrected chi connectivity index (χ2v) is 17.1. The van der Waals surface area contributed by atoms with Crippen molar-refractivity contribution in [1.29, 1.82) is 0 Å². The summed E-state index contributed by atoms with van der Waals surface area (Å²) in [5.74, 6) is 4.34. The quantitative estimate of drug-likeness (QED) is 0.349. The summed E-state index contributed by atoms with van der Waals surface area (Å²) in [5.41, 5.74) is 2.70. The van der Waals surface area contributed by atoms with Gasteiger partial charge in [-0.1, -0.05) is 52.8 Å². The Morgan fingerprint density at radius 2 is 1.67 bits per heavy atom. The Balaban J connectivity index is 1.19. The first-order chi connectivity index (χ1) is 20.3. The summed E-state index contributed by atoms with van der Waals surface area (Å²) in [4.78, 5) is 14.4. The maximum absolute atomic E-state index is 14.4. The lowest BCUT2D eigenvalue weighted by Crippen LogP contribution is -2.67. The maximum atomic E-state index is 14.4. The molecule has 0 saturated heterocycles. The standard InChI is InChI=1S/C38H55NO4/c1-23(2)25-12-17-38(33(41)39-21-24-8-10-27-28(20-24)43-22-42-27)19-18-36(6)26(32(25)38)9-11-30-35(5)15-14-31(40)34(3,4)29(35)13-16-37(30,36)7/h8,10,20,25-26,29-32,40H,1,9,11-19,21-22H2,2-7H3,(H,39,41)/t25-,26+,29-,30+,31-,32+,35-,36+,37+,38-/m0/s1. The van der Waals surface area contributed by atoms with Gasteiger partial charge in [0.2, 0.25) is 12.7 Å². The lowest BCUT2D eigenvalue weighted by Gasteiger charge is -2.72. The average molecular weight is 590 g/mol. The van der Waals surface area contributed by atoms with Crippen LogP contribution in [-0.4, -0.2) is 23.9 Å². The van der Waals surface area contributed by atoms with E-state index in [1.165, 1.54) is 31.3 Å². The Labute approximate surface area is 259 Å². The molecule has 1 aromatic carbocycles. The van der Waals surface area contributed by atoms with Crippen LogP contribution in [0, 0.1) is 56.7 Å². The first-order valence-corrected chi connectivity index (χ1v) is 17.3. The van der Waals surface area contributed by atoms with Gasteiger partial charge >= 0.3 is 0 Å². The fourth-order valence-electron chi connectivity index (χ4n) is 12.9. The van der Waals surface area contributed by atoms with E-state index in [4.69, 9.17) is 9.47 Å². The second-order valence-electron chi connectivity index (χ2n) is 17.1. The van der Waals surface area contributed by atoms with Gasteiger partial charge in [-0.25, -0.2) is 0 Å². The van der Waals surface area contributed by atoms with Crippen molar-refractivity contribution in [1.82, 2.24) is 5.32 Å². The predicted molar refractivity (Wildman–Crippen MR) is 169 cm³/mol. The van der Waals surface area contributed by atoms with Crippen molar-refractivity contribution >= 4 is 5.91 Å². The van der Waals surface area contributed by atoms with Gasteiger partial charge in [-0.3, -0.25) is 4.79 Å². The number of allylic oxidation sites excluding steroid dienone is 1. The number of carbonyl (C=O) groups is 1. The van der Waals surface area contributed by atoms with E-state index in [9.17, 15) is 9.90 Å². The molecule has 5 heteroatoms. The van der Waals surface area contributed by atoms with Crippen LogP contribution in [0.5, 0.6) is 11.5 Å². The van der Waals surface area contributed by atoms with Crippen molar-refractivity contribution in [2.75, 3.05) is 6.79 Å². The summed E-state index contributed by atoms with van der Waals surface area (Å²) in [6.45, 7) is 20.1. The van der Waals surface area contributed by atoms with Crippen molar-refractivity contribution in [3.8, 4) is 11.5 Å². The largest absolute Gasteiger partial charge is 0.454 e. The number of amides is 1. The van der Waals surface area contributed by atoms with Gasteiger partial charge < -0.3 is 19.9 Å². The van der Waals surface area contributed by atoms with E-state index in [1.807, 2.05) is 18.2 Å². The highest BCUT2D eigenvalue weighted by Crippen LogP contribution is 2.77. The summed E-state index contributed by atoms with van der Waals surface area (Å²) < 4.78 is 11.1. The van der Waals surface area contributed by atoms with E-state index in [0.29, 0.717) is 36.1 Å². The number of hydrogen-bond donors (Lipinski definition) is 2. The summed E-state index contributed by atoms with van der Waals surface area (Å²) >= 11 is 0. The van der Waals surface area contributed by atoms with E-state index in [1.54, 1.807) is 0 Å². The second kappa shape index (κ2) is 9.74. The molecule has 43 heavy (non-hydrogen) atoms. The van der Waals surface area contributed by atoms with Crippen LogP contribution in [0.15, 0.2) is 30.4 Å². The zero-order valence-corrected chi connectivity index (χ0v) is 27.6. The van der Waals surface area contributed by atoms with E-state index in [2.05, 4.69) is 53.4 Å². The number of fused-ring (bicyclic) bond motifs is 8. The number of carbonyl (C=O) groups excluding carboxylic acids is 1. The van der Waals surface area contributed by atoms with Crippen LogP contribution >= 0.6 is 0 Å². The summed E-state index contributed by atoms with van der Waals surface area (Å²) in [6.07, 6.45) is 11.0. The molecular weight excluding hydrogens is 534 g/mol. The molecule has 0 radical (unpaired) electrons. The van der Waals surface area contributed by atoms with Gasteiger partial charge in [0.15, 0.2) is 11.5 Å². The molecule has 7 rings (SSSR count). The minimum Gasteiger partial charge on any atom is -0.454 e. The van der Waals surface area contributed by atoms with E-state index >= 15 is 0 Å². The molecule has 2 N–H and O–H groups in total. The molecule has 1 amide bonds. The SMILES string of the molecule is C=C(C)[C@@H]1CC[C@]2(C(=O)NCc3ccc4c(c3)OCO4)CC[C@]3(C)[C@H](CC[C@@H]4[C@@]5(C)CC[C@H](O)C(C)(C)[C@@H]5CC[C@]43C)[C@@H]12. The van der Waals surface area contributed by atoms with E-state index < -0.39 is 0 Å². The third-order valence-electron chi connectivity index (χ3n) is 15.4. The molecule has 5 saturated carbocycles. The molecule has 1 aliphatic heterocycles. The van der Waals surface area contributed by atoms with Crippen LogP contribution in [0.3, 0.4) is 0 Å². The van der Waals surface area contributed by atoms with Gasteiger partial charge in [-0.15, -0.1) is 0 Å². The number of aliphatic hydroxyl groups excluding tert-OH is 1. The summed E-state index contributed by atoms with van der Waals surface area (Å²) in [5, 5.41) is 14.5. The first-order valence-electron chi connectivity index (χ1n) is 17.3. The molecule has 1 heterocycles. The molecule has 0 bridgehead atoms. The molecule has 1 aromatic rings. The van der Waals surface area contributed by atoms with Crippen molar-refractivity contribution in [3.05, 3.63) is 35.9 Å². The van der Waals surface area contributed by atoms with Gasteiger partial charge in [-0.2, -0.15) is 0 Å². The minimum atomic E-state index is -0.314. The number of benzene rings is 1. The Morgan fingerprint density at radius 1 is 0.907 bits per heavy atom. The third kappa shape index (κ3) is 3.94. The fourth-order valence-corrected chi connectivity index (χ4v) is 12.9. The predicted octanol–water partition coefficient (Wildman–Crippen LogP) is 8.05. The number of aliphatic hydroxyl groups is 1. The molecular formula is C38H55NO4. The first kappa shape index (κ1) is 29.7. The highest BCUT2D eigenvalue weighted by atomic mass is 16.7. The van der Waals surface area contributed by atoms with Gasteiger partial charge in [0.25, 0.3) is 0 Å². The molecule has 5 aliphatic carbocycles. The number of nitrogens with one attached hydrogen (secondary N) is 1. The Bertz CT molecular complexity index is 1320. The maximum Gasteiger partial charge on any atom is 0.231 e. The zero-order chi connectivity index (χ0) is 30.6. The van der Waals surface area contributed by atoms with Gasteiger partial charge in [0.1, 0.15) is 0 Å². The monoisotopic (exact) mass is 589 g/mol. The van der Waals surface area contributed by atoms with Crippen molar-refractivity contribution in [2.45, 2.75) is 118 Å². The van der Waals surface area contributed by atoms with Crippen molar-refractivity contribution in [3.63, 3.8) is 0 Å². The minimum absolute atomic E-state index is 0.0274. The highest BCUT2D eigenvalue weighted by Gasteiger charge is 2.71. The van der Waals surface area contributed by atoms with Crippen LogP contribution in [0.4, 0.5) is 0 Å². The molecule has 0 aromatic heterocycles. The lowest BCUT2D eigenvalue weighted by atomic mass is 9.32. The van der Waals surface area contributed by atoms with Crippen molar-refractivity contribution in [2.24, 2.45) is 56.7 Å². The van der Waals surface area contributed by atoms with Crippen LogP contribution < -0.4 is 14.8 Å². The molecule has 0 unspecified atom stereocenters. The number of rotatable bonds is 4. The normalized spacial score (nSPS) is 45.7. The molecule has 6 aliphatic rings. The van der Waals surface area contributed by atoms with Crippen LogP contribution in [0.25, 0.3) is 0 Å². The van der Waals surface area contributed by atoms with Crippen molar-refractivity contribution < 1.29 is 19.4 Å². The summed E-state index contributed by atoms with van der Waals surface area (Å²) in [6, 6.07) is 5.99. The highest BCUT2D eigenvalue weighted by molar-refractivity contribution is 5.84. The lowest BCUT2D eigenvalue weighted by molar-refractivity contribution is -0.246. The molecule has 10 atom stereocenters. The third-order valence-corrected chi connectivity index (χ3v) is 15.4. The molecule has 236 valence electrons. The van der Waals surface area contributed by atoms with Gasteiger partial charge in [0.05, 0.1) is 11.5 Å². The Hall–Kier alpha value is -2.01. The average Bonchev–Trinajstić information content (AvgIpc) is 3.60. The molecule has 5 fully saturated rings. The molecule has 0 spiro atoms. The smallest absolute Gasteiger partial charge is 0.231 e. The van der Waals surface area contributed by atoms with Crippen LogP contribution in [-0.2, 0) is 11.3 Å². The van der Waals surface area contributed by atoms with E-state index in [-0.39, 0.29) is 45.9 Å². The fraction of sp³-hybridized carbons (Fsp3) is 0.763. The van der Waals surface area contributed by atoms with Gasteiger partial charge in [-0.05, 0) is 140 Å². The Morgan fingerprint density at radius 3 is 2.44 bits per heavy atom. The zero-order valence-electron chi connectivity index (χ0n) is 27.6. The van der Waals surface area contributed by atoms with Gasteiger partial charge in [0, 0.05) is 6.54 Å². The van der Waals surface area contributed by atoms with E-state index in [0.717, 1.165) is 55.6 Å². The van der Waals surface area contributed by atoms with Crippen LogP contribution in [0.2, 0.25) is 0 Å². The van der Waals surface area contributed by atoms with Crippen LogP contribution in [0.1, 0.15) is 111 Å². The number of hydrogen-bond acceptors (Lipinski definition) is 4. The summed E-state index contributed by atoms with van der Waals surface area (Å²) in [7, 11) is 0. The number of ether oxygens (including phenoxy) is 2. The molecule has 5 nitrogen and oxygen atoms in total. The Kier molecular flexibility index (Phi) is 6.73.